The second-order valence-electron chi connectivity index (χ2n) is 6.22. The first-order valence-corrected chi connectivity index (χ1v) is 8.71. The summed E-state index contributed by atoms with van der Waals surface area (Å²) in [4.78, 5) is 23.4. The molecular weight excluding hydrogens is 366 g/mol. The van der Waals surface area contributed by atoms with E-state index in [-0.39, 0.29) is 24.1 Å². The van der Waals surface area contributed by atoms with Crippen molar-refractivity contribution in [2.75, 3.05) is 32.4 Å². The number of anilines is 1. The molecule has 2 aromatic carbocycles. The van der Waals surface area contributed by atoms with Gasteiger partial charge in [0.25, 0.3) is 11.6 Å². The molecule has 1 unspecified atom stereocenters. The van der Waals surface area contributed by atoms with Gasteiger partial charge in [0.15, 0.2) is 11.5 Å². The molecule has 0 aliphatic carbocycles. The van der Waals surface area contributed by atoms with Crippen molar-refractivity contribution in [3.8, 4) is 11.5 Å². The van der Waals surface area contributed by atoms with E-state index in [0.717, 1.165) is 5.56 Å². The maximum Gasteiger partial charge on any atom is 0.293 e. The van der Waals surface area contributed by atoms with Crippen molar-refractivity contribution >= 4 is 17.3 Å². The first-order valence-electron chi connectivity index (χ1n) is 8.71. The van der Waals surface area contributed by atoms with Gasteiger partial charge in [0.2, 0.25) is 6.79 Å². The summed E-state index contributed by atoms with van der Waals surface area (Å²) in [5.74, 6) is 0.881. The lowest BCUT2D eigenvalue weighted by Crippen LogP contribution is -2.26. The van der Waals surface area contributed by atoms with Crippen molar-refractivity contribution in [2.24, 2.45) is 0 Å². The second kappa shape index (κ2) is 8.57. The van der Waals surface area contributed by atoms with Crippen molar-refractivity contribution in [3.63, 3.8) is 0 Å². The SMILES string of the molecule is COCCNc1ccc(C(=O)NC(C)c2ccc3c(c2)OCO3)cc1[N+](=O)[O-]. The summed E-state index contributed by atoms with van der Waals surface area (Å²) in [6, 6.07) is 9.43. The summed E-state index contributed by atoms with van der Waals surface area (Å²) in [6.45, 7) is 2.83. The minimum atomic E-state index is -0.521. The van der Waals surface area contributed by atoms with Gasteiger partial charge >= 0.3 is 0 Å². The van der Waals surface area contributed by atoms with Crippen LogP contribution in [0.1, 0.15) is 28.9 Å². The van der Waals surface area contributed by atoms with E-state index in [1.54, 1.807) is 25.3 Å². The van der Waals surface area contributed by atoms with Gasteiger partial charge in [0.1, 0.15) is 5.69 Å². The van der Waals surface area contributed by atoms with Crippen molar-refractivity contribution < 1.29 is 23.9 Å². The van der Waals surface area contributed by atoms with Gasteiger partial charge in [0.05, 0.1) is 17.6 Å². The lowest BCUT2D eigenvalue weighted by atomic mass is 10.1. The van der Waals surface area contributed by atoms with E-state index in [1.807, 2.05) is 13.0 Å². The van der Waals surface area contributed by atoms with E-state index in [1.165, 1.54) is 12.1 Å². The summed E-state index contributed by atoms with van der Waals surface area (Å²) >= 11 is 0. The molecule has 1 atom stereocenters. The molecule has 0 spiro atoms. The molecule has 1 heterocycles. The molecule has 0 saturated carbocycles. The predicted molar refractivity (Wildman–Crippen MR) is 102 cm³/mol. The minimum absolute atomic E-state index is 0.167. The maximum absolute atomic E-state index is 12.6. The van der Waals surface area contributed by atoms with Gasteiger partial charge in [0, 0.05) is 25.3 Å². The van der Waals surface area contributed by atoms with Gasteiger partial charge in [-0.05, 0) is 36.8 Å². The Bertz CT molecular complexity index is 886. The zero-order valence-corrected chi connectivity index (χ0v) is 15.6. The zero-order valence-electron chi connectivity index (χ0n) is 15.6. The van der Waals surface area contributed by atoms with Gasteiger partial charge in [-0.15, -0.1) is 0 Å². The van der Waals surface area contributed by atoms with E-state index in [0.29, 0.717) is 30.3 Å². The summed E-state index contributed by atoms with van der Waals surface area (Å²) in [6.07, 6.45) is 0. The van der Waals surface area contributed by atoms with Crippen LogP contribution in [0.2, 0.25) is 0 Å². The third-order valence-corrected chi connectivity index (χ3v) is 4.32. The Morgan fingerprint density at radius 3 is 2.79 bits per heavy atom. The number of ether oxygens (including phenoxy) is 3. The van der Waals surface area contributed by atoms with Crippen LogP contribution in [0.25, 0.3) is 0 Å². The number of methoxy groups -OCH3 is 1. The van der Waals surface area contributed by atoms with Crippen LogP contribution in [-0.4, -0.2) is 37.9 Å². The number of carbonyl (C=O) groups excluding carboxylic acids is 1. The molecule has 9 heteroatoms. The van der Waals surface area contributed by atoms with Gasteiger partial charge in [-0.25, -0.2) is 0 Å². The van der Waals surface area contributed by atoms with E-state index < -0.39 is 10.8 Å². The van der Waals surface area contributed by atoms with Crippen LogP contribution in [0.5, 0.6) is 11.5 Å². The van der Waals surface area contributed by atoms with Crippen LogP contribution >= 0.6 is 0 Å². The molecule has 0 saturated heterocycles. The molecular formula is C19H21N3O6. The Hall–Kier alpha value is -3.33. The first kappa shape index (κ1) is 19.4. The molecule has 9 nitrogen and oxygen atoms in total. The average Bonchev–Trinajstić information content (AvgIpc) is 3.15. The molecule has 28 heavy (non-hydrogen) atoms. The number of carbonyl (C=O) groups is 1. The van der Waals surface area contributed by atoms with Crippen LogP contribution in [0.4, 0.5) is 11.4 Å². The van der Waals surface area contributed by atoms with Gasteiger partial charge in [-0.3, -0.25) is 14.9 Å². The maximum atomic E-state index is 12.6. The van der Waals surface area contributed by atoms with Crippen LogP contribution in [0.15, 0.2) is 36.4 Å². The van der Waals surface area contributed by atoms with E-state index >= 15 is 0 Å². The van der Waals surface area contributed by atoms with Crippen LogP contribution in [0, 0.1) is 10.1 Å². The fourth-order valence-corrected chi connectivity index (χ4v) is 2.81. The van der Waals surface area contributed by atoms with E-state index in [4.69, 9.17) is 14.2 Å². The summed E-state index contributed by atoms with van der Waals surface area (Å²) in [7, 11) is 1.55. The molecule has 1 amide bonds. The highest BCUT2D eigenvalue weighted by atomic mass is 16.7. The Kier molecular flexibility index (Phi) is 5.95. The monoisotopic (exact) mass is 387 g/mol. The molecule has 148 valence electrons. The third-order valence-electron chi connectivity index (χ3n) is 4.32. The van der Waals surface area contributed by atoms with Crippen molar-refractivity contribution in [3.05, 3.63) is 57.6 Å². The lowest BCUT2D eigenvalue weighted by molar-refractivity contribution is -0.384. The normalized spacial score (nSPS) is 13.1. The van der Waals surface area contributed by atoms with Gasteiger partial charge in [-0.1, -0.05) is 6.07 Å². The first-order chi connectivity index (χ1) is 13.5. The largest absolute Gasteiger partial charge is 0.454 e. The number of nitrogens with one attached hydrogen (secondary N) is 2. The second-order valence-corrected chi connectivity index (χ2v) is 6.22. The molecule has 2 N–H and O–H groups in total. The van der Waals surface area contributed by atoms with Crippen molar-refractivity contribution in [1.29, 1.82) is 0 Å². The Balaban J connectivity index is 1.72. The third kappa shape index (κ3) is 4.32. The van der Waals surface area contributed by atoms with Crippen LogP contribution < -0.4 is 20.1 Å². The number of fused-ring (bicyclic) bond motifs is 1. The highest BCUT2D eigenvalue weighted by molar-refractivity contribution is 5.96. The number of nitro benzene ring substituents is 1. The summed E-state index contributed by atoms with van der Waals surface area (Å²) in [5.41, 5.74) is 1.21. The molecule has 1 aliphatic heterocycles. The minimum Gasteiger partial charge on any atom is -0.454 e. The van der Waals surface area contributed by atoms with Gasteiger partial charge in [-0.2, -0.15) is 0 Å². The fraction of sp³-hybridized carbons (Fsp3) is 0.316. The molecule has 0 fully saturated rings. The molecule has 1 aliphatic rings. The van der Waals surface area contributed by atoms with Gasteiger partial charge < -0.3 is 24.8 Å². The number of rotatable bonds is 8. The quantitative estimate of drug-likeness (QED) is 0.407. The van der Waals surface area contributed by atoms with E-state index in [2.05, 4.69) is 10.6 Å². The topological polar surface area (TPSA) is 112 Å². The number of benzene rings is 2. The Morgan fingerprint density at radius 2 is 2.04 bits per heavy atom. The Morgan fingerprint density at radius 1 is 1.25 bits per heavy atom. The highest BCUT2D eigenvalue weighted by Gasteiger charge is 2.20. The number of amides is 1. The van der Waals surface area contributed by atoms with Crippen molar-refractivity contribution in [1.82, 2.24) is 5.32 Å². The smallest absolute Gasteiger partial charge is 0.293 e. The fourth-order valence-electron chi connectivity index (χ4n) is 2.81. The predicted octanol–water partition coefficient (Wildman–Crippen LogP) is 2.87. The average molecular weight is 387 g/mol. The number of hydrogen-bond donors (Lipinski definition) is 2. The molecule has 3 rings (SSSR count). The summed E-state index contributed by atoms with van der Waals surface area (Å²) in [5, 5.41) is 17.1. The molecule has 0 aromatic heterocycles. The highest BCUT2D eigenvalue weighted by Crippen LogP contribution is 2.34. The number of hydrogen-bond acceptors (Lipinski definition) is 7. The van der Waals surface area contributed by atoms with Crippen LogP contribution in [-0.2, 0) is 4.74 Å². The lowest BCUT2D eigenvalue weighted by Gasteiger charge is -2.15. The molecule has 2 aromatic rings. The number of nitrogens with zero attached hydrogens (tertiary/aromatic N) is 1. The Labute approximate surface area is 161 Å². The molecule has 0 radical (unpaired) electrons. The van der Waals surface area contributed by atoms with Crippen molar-refractivity contribution in [2.45, 2.75) is 13.0 Å². The number of nitro groups is 1. The zero-order chi connectivity index (χ0) is 20.1. The van der Waals surface area contributed by atoms with E-state index in [9.17, 15) is 14.9 Å². The summed E-state index contributed by atoms with van der Waals surface area (Å²) < 4.78 is 15.6. The molecule has 0 bridgehead atoms. The van der Waals surface area contributed by atoms with Crippen LogP contribution in [0.3, 0.4) is 0 Å². The standard InChI is InChI=1S/C19H21N3O6/c1-12(13-4-6-17-18(10-13)28-11-27-17)21-19(23)14-3-5-15(20-7-8-26-2)16(9-14)22(24)25/h3-6,9-10,12,20H,7-8,11H2,1-2H3,(H,21,23).